The van der Waals surface area contributed by atoms with Crippen molar-refractivity contribution in [3.8, 4) is 5.75 Å². The second kappa shape index (κ2) is 8.75. The van der Waals surface area contributed by atoms with E-state index in [1.807, 2.05) is 22.8 Å². The highest BCUT2D eigenvalue weighted by Crippen LogP contribution is 2.30. The largest absolute Gasteiger partial charge is 0.495 e. The summed E-state index contributed by atoms with van der Waals surface area (Å²) in [4.78, 5) is 8.99. The lowest BCUT2D eigenvalue weighted by molar-refractivity contribution is 0.175. The highest BCUT2D eigenvalue weighted by molar-refractivity contribution is 7.90. The Hall–Kier alpha value is -2.06. The molecule has 1 aromatic carbocycles. The van der Waals surface area contributed by atoms with Crippen LogP contribution in [0.5, 0.6) is 5.75 Å². The first-order valence-corrected chi connectivity index (χ1v) is 12.0. The fourth-order valence-corrected chi connectivity index (χ4v) is 4.76. The molecule has 0 saturated carbocycles. The third-order valence-corrected chi connectivity index (χ3v) is 6.33. The Bertz CT molecular complexity index is 939. The number of anilines is 1. The average molecular weight is 421 g/mol. The van der Waals surface area contributed by atoms with E-state index in [1.54, 1.807) is 13.3 Å². The molecule has 0 spiro atoms. The van der Waals surface area contributed by atoms with E-state index in [2.05, 4.69) is 41.6 Å². The Morgan fingerprint density at radius 1 is 1.24 bits per heavy atom. The molecule has 1 fully saturated rings. The van der Waals surface area contributed by atoms with Crippen LogP contribution in [0.15, 0.2) is 35.6 Å². The van der Waals surface area contributed by atoms with E-state index in [1.165, 1.54) is 6.26 Å². The van der Waals surface area contributed by atoms with E-state index in [4.69, 9.17) is 4.74 Å². The predicted molar refractivity (Wildman–Crippen MR) is 115 cm³/mol. The summed E-state index contributed by atoms with van der Waals surface area (Å²) in [5, 5.41) is 0.168. The van der Waals surface area contributed by atoms with Gasteiger partial charge < -0.3 is 14.2 Å². The molecule has 1 aromatic heterocycles. The van der Waals surface area contributed by atoms with Crippen LogP contribution in [0.3, 0.4) is 0 Å². The number of methoxy groups -OCH3 is 1. The van der Waals surface area contributed by atoms with Crippen LogP contribution < -0.4 is 9.64 Å². The number of ether oxygens (including phenoxy) is 1. The number of hydrogen-bond donors (Lipinski definition) is 0. The molecule has 0 bridgehead atoms. The number of rotatable bonds is 7. The van der Waals surface area contributed by atoms with Gasteiger partial charge in [-0.1, -0.05) is 26.0 Å². The Morgan fingerprint density at radius 3 is 2.59 bits per heavy atom. The maximum absolute atomic E-state index is 12.1. The van der Waals surface area contributed by atoms with Crippen molar-refractivity contribution in [1.29, 1.82) is 0 Å². The average Bonchev–Trinajstić information content (AvgIpc) is 3.05. The van der Waals surface area contributed by atoms with Crippen molar-refractivity contribution in [2.24, 2.45) is 5.92 Å². The maximum Gasteiger partial charge on any atom is 0.227 e. The molecular weight excluding hydrogens is 388 g/mol. The normalized spacial score (nSPS) is 18.4. The first-order valence-electron chi connectivity index (χ1n) is 10.1. The van der Waals surface area contributed by atoms with Gasteiger partial charge in [-0.2, -0.15) is 0 Å². The molecule has 0 aliphatic carbocycles. The van der Waals surface area contributed by atoms with Crippen LogP contribution in [0, 0.1) is 5.92 Å². The Labute approximate surface area is 174 Å². The second-order valence-electron chi connectivity index (χ2n) is 8.25. The van der Waals surface area contributed by atoms with Crippen molar-refractivity contribution < 1.29 is 13.2 Å². The van der Waals surface area contributed by atoms with Crippen molar-refractivity contribution >= 4 is 15.5 Å². The third kappa shape index (κ3) is 4.93. The summed E-state index contributed by atoms with van der Waals surface area (Å²) in [6.07, 6.45) is 2.95. The fourth-order valence-electron chi connectivity index (χ4n) is 3.92. The van der Waals surface area contributed by atoms with Crippen LogP contribution in [0.4, 0.5) is 5.69 Å². The van der Waals surface area contributed by atoms with E-state index >= 15 is 0 Å². The fraction of sp³-hybridized carbons (Fsp3) is 0.571. The Kier molecular flexibility index (Phi) is 6.53. The zero-order chi connectivity index (χ0) is 21.2. The van der Waals surface area contributed by atoms with Crippen molar-refractivity contribution in [3.05, 3.63) is 36.2 Å². The first kappa shape index (κ1) is 21.6. The minimum absolute atomic E-state index is 0.168. The lowest BCUT2D eigenvalue weighted by Crippen LogP contribution is -2.51. The molecule has 29 heavy (non-hydrogen) atoms. The van der Waals surface area contributed by atoms with Crippen molar-refractivity contribution in [1.82, 2.24) is 14.5 Å². The van der Waals surface area contributed by atoms with Gasteiger partial charge >= 0.3 is 0 Å². The zero-order valence-corrected chi connectivity index (χ0v) is 18.8. The highest BCUT2D eigenvalue weighted by atomic mass is 32.2. The quantitative estimate of drug-likeness (QED) is 0.686. The summed E-state index contributed by atoms with van der Waals surface area (Å²) >= 11 is 0. The summed E-state index contributed by atoms with van der Waals surface area (Å²) in [5.74, 6) is 1.23. The molecule has 160 valence electrons. The molecule has 0 N–H and O–H groups in total. The number of para-hydroxylation sites is 2. The monoisotopic (exact) mass is 420 g/mol. The Morgan fingerprint density at radius 2 is 1.97 bits per heavy atom. The van der Waals surface area contributed by atoms with Gasteiger partial charge in [-0.05, 0) is 25.0 Å². The molecule has 2 heterocycles. The molecule has 1 aliphatic rings. The van der Waals surface area contributed by atoms with E-state index in [0.717, 1.165) is 36.8 Å². The minimum atomic E-state index is -3.35. The van der Waals surface area contributed by atoms with Gasteiger partial charge in [-0.25, -0.2) is 13.4 Å². The maximum atomic E-state index is 12.1. The van der Waals surface area contributed by atoms with Gasteiger partial charge in [-0.3, -0.25) is 4.90 Å². The summed E-state index contributed by atoms with van der Waals surface area (Å²) in [5.41, 5.74) is 2.07. The van der Waals surface area contributed by atoms with Crippen LogP contribution in [0.25, 0.3) is 0 Å². The van der Waals surface area contributed by atoms with Gasteiger partial charge in [0.25, 0.3) is 0 Å². The minimum Gasteiger partial charge on any atom is -0.495 e. The van der Waals surface area contributed by atoms with Crippen LogP contribution in [0.2, 0.25) is 0 Å². The SMILES string of the molecule is COc1ccccc1N1CCN(Cc2cnc(S(C)(=O)=O)n2CC(C)C)C(C)C1. The molecule has 7 nitrogen and oxygen atoms in total. The third-order valence-electron chi connectivity index (χ3n) is 5.34. The van der Waals surface area contributed by atoms with E-state index in [-0.39, 0.29) is 5.16 Å². The predicted octanol–water partition coefficient (Wildman–Crippen LogP) is 2.66. The molecule has 1 aliphatic heterocycles. The molecule has 0 radical (unpaired) electrons. The van der Waals surface area contributed by atoms with Crippen molar-refractivity contribution in [2.75, 3.05) is 37.9 Å². The molecule has 1 saturated heterocycles. The number of aromatic nitrogens is 2. The molecule has 2 aromatic rings. The smallest absolute Gasteiger partial charge is 0.227 e. The molecule has 1 atom stereocenters. The van der Waals surface area contributed by atoms with Gasteiger partial charge in [0.05, 0.1) is 24.7 Å². The lowest BCUT2D eigenvalue weighted by atomic mass is 10.1. The highest BCUT2D eigenvalue weighted by Gasteiger charge is 2.27. The molecule has 3 rings (SSSR count). The molecule has 8 heteroatoms. The second-order valence-corrected chi connectivity index (χ2v) is 10.2. The van der Waals surface area contributed by atoms with Crippen molar-refractivity contribution in [3.63, 3.8) is 0 Å². The number of imidazole rings is 1. The van der Waals surface area contributed by atoms with Gasteiger partial charge in [0.15, 0.2) is 0 Å². The van der Waals surface area contributed by atoms with Crippen LogP contribution in [-0.2, 0) is 22.9 Å². The van der Waals surface area contributed by atoms with Gasteiger partial charge in [0.1, 0.15) is 5.75 Å². The van der Waals surface area contributed by atoms with Crippen LogP contribution in [0.1, 0.15) is 26.5 Å². The summed E-state index contributed by atoms with van der Waals surface area (Å²) in [6, 6.07) is 8.42. The number of piperazine rings is 1. The molecule has 0 amide bonds. The van der Waals surface area contributed by atoms with Crippen LogP contribution >= 0.6 is 0 Å². The lowest BCUT2D eigenvalue weighted by Gasteiger charge is -2.41. The van der Waals surface area contributed by atoms with Gasteiger partial charge in [-0.15, -0.1) is 0 Å². The van der Waals surface area contributed by atoms with E-state index in [9.17, 15) is 8.42 Å². The van der Waals surface area contributed by atoms with Crippen LogP contribution in [-0.4, -0.2) is 61.9 Å². The van der Waals surface area contributed by atoms with Gasteiger partial charge in [0.2, 0.25) is 15.0 Å². The first-order chi connectivity index (χ1) is 13.7. The number of hydrogen-bond acceptors (Lipinski definition) is 6. The zero-order valence-electron chi connectivity index (χ0n) is 18.0. The summed E-state index contributed by atoms with van der Waals surface area (Å²) in [6.45, 7) is 10.4. The van der Waals surface area contributed by atoms with E-state index in [0.29, 0.717) is 25.0 Å². The van der Waals surface area contributed by atoms with Crippen molar-refractivity contribution in [2.45, 2.75) is 45.1 Å². The molecule has 1 unspecified atom stereocenters. The van der Waals surface area contributed by atoms with Gasteiger partial charge in [0, 0.05) is 45.0 Å². The topological polar surface area (TPSA) is 67.7 Å². The van der Waals surface area contributed by atoms with E-state index < -0.39 is 9.84 Å². The number of benzene rings is 1. The number of nitrogens with zero attached hydrogens (tertiary/aromatic N) is 4. The summed E-state index contributed by atoms with van der Waals surface area (Å²) in [7, 11) is -1.65. The Balaban J connectivity index is 1.76. The summed E-state index contributed by atoms with van der Waals surface area (Å²) < 4.78 is 31.7. The molecular formula is C21H32N4O3S. The standard InChI is InChI=1S/C21H32N4O3S/c1-16(2)13-25-18(12-22-21(25)29(5,26)27)15-23-10-11-24(14-17(23)3)19-8-6-7-9-20(19)28-4/h6-9,12,16-17H,10-11,13-15H2,1-5H3. The number of sulfone groups is 1.